The van der Waals surface area contributed by atoms with E-state index in [0.717, 1.165) is 19.1 Å². The van der Waals surface area contributed by atoms with Crippen molar-refractivity contribution in [3.63, 3.8) is 0 Å². The van der Waals surface area contributed by atoms with Gasteiger partial charge in [-0.1, -0.05) is 13.3 Å². The molecule has 0 aromatic rings. The first-order valence-electron chi connectivity index (χ1n) is 3.99. The van der Waals surface area contributed by atoms with Gasteiger partial charge in [-0.15, -0.1) is 0 Å². The second kappa shape index (κ2) is 3.94. The van der Waals surface area contributed by atoms with Crippen molar-refractivity contribution in [2.45, 2.75) is 25.9 Å². The van der Waals surface area contributed by atoms with Crippen LogP contribution in [0.25, 0.3) is 0 Å². The first-order chi connectivity index (χ1) is 4.88. The molecule has 1 fully saturated rings. The Morgan fingerprint density at radius 3 is 2.80 bits per heavy atom. The van der Waals surface area contributed by atoms with Crippen LogP contribution in [0, 0.1) is 5.92 Å². The topological polar surface area (TPSA) is 18.5 Å². The lowest BCUT2D eigenvalue weighted by Gasteiger charge is -2.36. The van der Waals surface area contributed by atoms with Crippen molar-refractivity contribution in [1.82, 2.24) is 0 Å². The fraction of sp³-hybridized carbons (Fsp3) is 1.00. The summed E-state index contributed by atoms with van der Waals surface area (Å²) in [6.45, 7) is 3.93. The molecular formula is C8H16O2. The van der Waals surface area contributed by atoms with Gasteiger partial charge in [0.2, 0.25) is 0 Å². The quantitative estimate of drug-likeness (QED) is 0.594. The van der Waals surface area contributed by atoms with Crippen LogP contribution in [0.1, 0.15) is 19.8 Å². The second-order valence-corrected chi connectivity index (χ2v) is 2.88. The van der Waals surface area contributed by atoms with Gasteiger partial charge in [0, 0.05) is 13.0 Å². The normalized spacial score (nSPS) is 31.8. The number of ether oxygens (including phenoxy) is 2. The molecule has 0 aliphatic carbocycles. The molecule has 0 saturated carbocycles. The van der Waals surface area contributed by atoms with Crippen LogP contribution in [0.5, 0.6) is 0 Å². The molecule has 1 aliphatic rings. The summed E-state index contributed by atoms with van der Waals surface area (Å²) in [5.41, 5.74) is 0. The van der Waals surface area contributed by atoms with E-state index in [1.54, 1.807) is 7.11 Å². The fourth-order valence-electron chi connectivity index (χ4n) is 1.36. The van der Waals surface area contributed by atoms with E-state index in [9.17, 15) is 0 Å². The van der Waals surface area contributed by atoms with E-state index in [4.69, 9.17) is 9.47 Å². The molecule has 0 aromatic heterocycles. The van der Waals surface area contributed by atoms with Crippen molar-refractivity contribution in [3.05, 3.63) is 0 Å². The van der Waals surface area contributed by atoms with Crippen LogP contribution in [0.15, 0.2) is 0 Å². The summed E-state index contributed by atoms with van der Waals surface area (Å²) in [6.07, 6.45) is 2.94. The maximum Gasteiger partial charge on any atom is 0.0858 e. The van der Waals surface area contributed by atoms with Gasteiger partial charge in [0.1, 0.15) is 0 Å². The molecule has 1 saturated heterocycles. The van der Waals surface area contributed by atoms with Crippen molar-refractivity contribution >= 4 is 0 Å². The number of hydrogen-bond acceptors (Lipinski definition) is 2. The molecule has 0 amide bonds. The average Bonchev–Trinajstić information content (AvgIpc) is 1.93. The van der Waals surface area contributed by atoms with Crippen molar-refractivity contribution < 1.29 is 9.47 Å². The molecule has 2 heteroatoms. The molecule has 1 rings (SSSR count). The molecule has 0 N–H and O–H groups in total. The first-order valence-corrected chi connectivity index (χ1v) is 3.99. The minimum Gasteiger partial charge on any atom is -0.382 e. The van der Waals surface area contributed by atoms with Crippen LogP contribution < -0.4 is 0 Å². The summed E-state index contributed by atoms with van der Waals surface area (Å²) in [6, 6.07) is 0. The summed E-state index contributed by atoms with van der Waals surface area (Å²) in [7, 11) is 1.73. The van der Waals surface area contributed by atoms with Gasteiger partial charge in [-0.05, 0) is 6.42 Å². The molecule has 0 spiro atoms. The van der Waals surface area contributed by atoms with Gasteiger partial charge in [-0.3, -0.25) is 0 Å². The smallest absolute Gasteiger partial charge is 0.0858 e. The highest BCUT2D eigenvalue weighted by Gasteiger charge is 2.30. The summed E-state index contributed by atoms with van der Waals surface area (Å²) < 4.78 is 10.3. The van der Waals surface area contributed by atoms with Crippen molar-refractivity contribution in [2.75, 3.05) is 20.3 Å². The van der Waals surface area contributed by atoms with Crippen LogP contribution in [-0.4, -0.2) is 26.4 Å². The monoisotopic (exact) mass is 144 g/mol. The summed E-state index contributed by atoms with van der Waals surface area (Å²) >= 11 is 0. The van der Waals surface area contributed by atoms with Gasteiger partial charge in [0.25, 0.3) is 0 Å². The lowest BCUT2D eigenvalue weighted by atomic mass is 9.94. The van der Waals surface area contributed by atoms with Crippen LogP contribution in [0.2, 0.25) is 0 Å². The molecule has 2 nitrogen and oxygen atoms in total. The van der Waals surface area contributed by atoms with Gasteiger partial charge in [-0.2, -0.15) is 0 Å². The molecule has 1 aliphatic heterocycles. The average molecular weight is 144 g/mol. The van der Waals surface area contributed by atoms with Crippen molar-refractivity contribution in [3.8, 4) is 0 Å². The van der Waals surface area contributed by atoms with Crippen LogP contribution in [0.3, 0.4) is 0 Å². The highest BCUT2D eigenvalue weighted by atomic mass is 16.5. The summed E-state index contributed by atoms with van der Waals surface area (Å²) in [4.78, 5) is 0. The number of hydrogen-bond donors (Lipinski definition) is 0. The maximum atomic E-state index is 5.31. The van der Waals surface area contributed by atoms with Gasteiger partial charge in [-0.25, -0.2) is 0 Å². The Labute approximate surface area is 62.5 Å². The summed E-state index contributed by atoms with van der Waals surface area (Å²) in [5.74, 6) is 0.768. The molecule has 1 heterocycles. The van der Waals surface area contributed by atoms with Gasteiger partial charge in [0.05, 0.1) is 19.3 Å². The highest BCUT2D eigenvalue weighted by Crippen LogP contribution is 2.24. The zero-order chi connectivity index (χ0) is 7.40. The molecular weight excluding hydrogens is 128 g/mol. The third-order valence-corrected chi connectivity index (χ3v) is 2.04. The molecule has 10 heavy (non-hydrogen) atoms. The van der Waals surface area contributed by atoms with Crippen LogP contribution in [0.4, 0.5) is 0 Å². The fourth-order valence-corrected chi connectivity index (χ4v) is 1.36. The van der Waals surface area contributed by atoms with Gasteiger partial charge < -0.3 is 9.47 Å². The Bertz CT molecular complexity index is 81.3. The summed E-state index contributed by atoms with van der Waals surface area (Å²) in [5, 5.41) is 0. The van der Waals surface area contributed by atoms with E-state index in [2.05, 4.69) is 6.92 Å². The van der Waals surface area contributed by atoms with E-state index in [1.165, 1.54) is 12.8 Å². The molecule has 0 aromatic carbocycles. The molecule has 60 valence electrons. The van der Waals surface area contributed by atoms with E-state index in [-0.39, 0.29) is 0 Å². The number of rotatable bonds is 4. The Morgan fingerprint density at radius 1 is 1.60 bits per heavy atom. The minimum atomic E-state index is 0.393. The van der Waals surface area contributed by atoms with Gasteiger partial charge >= 0.3 is 0 Å². The molecule has 2 unspecified atom stereocenters. The highest BCUT2D eigenvalue weighted by molar-refractivity contribution is 4.77. The lowest BCUT2D eigenvalue weighted by molar-refractivity contribution is -0.143. The predicted octanol–water partition coefficient (Wildman–Crippen LogP) is 1.45. The number of methoxy groups -OCH3 is 1. The maximum absolute atomic E-state index is 5.31. The SMILES string of the molecule is CCCC1COC1COC. The zero-order valence-electron chi connectivity index (χ0n) is 6.80. The Morgan fingerprint density at radius 2 is 2.40 bits per heavy atom. The van der Waals surface area contributed by atoms with Crippen molar-refractivity contribution in [1.29, 1.82) is 0 Å². The first kappa shape index (κ1) is 8.02. The van der Waals surface area contributed by atoms with E-state index < -0.39 is 0 Å². The van der Waals surface area contributed by atoms with Gasteiger partial charge in [0.15, 0.2) is 0 Å². The third-order valence-electron chi connectivity index (χ3n) is 2.04. The second-order valence-electron chi connectivity index (χ2n) is 2.88. The Balaban J connectivity index is 2.09. The largest absolute Gasteiger partial charge is 0.382 e. The van der Waals surface area contributed by atoms with E-state index >= 15 is 0 Å². The predicted molar refractivity (Wildman–Crippen MR) is 40.0 cm³/mol. The van der Waals surface area contributed by atoms with E-state index in [1.807, 2.05) is 0 Å². The third kappa shape index (κ3) is 1.70. The molecule has 2 atom stereocenters. The Hall–Kier alpha value is -0.0800. The standard InChI is InChI=1S/C8H16O2/c1-3-4-7-5-10-8(7)6-9-2/h7-8H,3-6H2,1-2H3. The minimum absolute atomic E-state index is 0.393. The van der Waals surface area contributed by atoms with E-state index in [0.29, 0.717) is 6.10 Å². The zero-order valence-corrected chi connectivity index (χ0v) is 6.80. The molecule has 0 radical (unpaired) electrons. The van der Waals surface area contributed by atoms with Crippen LogP contribution >= 0.6 is 0 Å². The van der Waals surface area contributed by atoms with Crippen LogP contribution in [-0.2, 0) is 9.47 Å². The molecule has 0 bridgehead atoms. The lowest BCUT2D eigenvalue weighted by Crippen LogP contribution is -2.42. The Kier molecular flexibility index (Phi) is 3.16. The van der Waals surface area contributed by atoms with Crippen molar-refractivity contribution in [2.24, 2.45) is 5.92 Å².